The van der Waals surface area contributed by atoms with Crippen molar-refractivity contribution in [2.45, 2.75) is 25.4 Å². The Morgan fingerprint density at radius 2 is 2.03 bits per heavy atom. The predicted octanol–water partition coefficient (Wildman–Crippen LogP) is 4.03. The second kappa shape index (κ2) is 8.70. The lowest BCUT2D eigenvalue weighted by Crippen LogP contribution is -2.42. The standard InChI is InChI=1S/C20H19F3N6O2/c21-20(22,23)14-3-5-15(6-4-14)26-19(30)29-9-1-2-13(12-29)10-17-27-18(28-31-17)16-11-24-7-8-25-16/h3-8,11,13H,1-2,9-10,12H2,(H,26,30)/t13-/m0/s1. The van der Waals surface area contributed by atoms with Crippen LogP contribution in [0.2, 0.25) is 0 Å². The van der Waals surface area contributed by atoms with Crippen LogP contribution < -0.4 is 5.32 Å². The van der Waals surface area contributed by atoms with Crippen molar-refractivity contribution in [1.29, 1.82) is 0 Å². The number of alkyl halides is 3. The predicted molar refractivity (Wildman–Crippen MR) is 104 cm³/mol. The summed E-state index contributed by atoms with van der Waals surface area (Å²) in [6.45, 7) is 1.05. The molecule has 0 spiro atoms. The number of hydrogen-bond acceptors (Lipinski definition) is 6. The fourth-order valence-electron chi connectivity index (χ4n) is 3.46. The van der Waals surface area contributed by atoms with Crippen LogP contribution in [0.15, 0.2) is 47.4 Å². The summed E-state index contributed by atoms with van der Waals surface area (Å²) in [4.78, 5) is 26.7. The van der Waals surface area contributed by atoms with Crippen molar-refractivity contribution in [2.24, 2.45) is 5.92 Å². The zero-order valence-corrected chi connectivity index (χ0v) is 16.3. The zero-order chi connectivity index (χ0) is 21.8. The van der Waals surface area contributed by atoms with Crippen LogP contribution in [-0.4, -0.2) is 44.1 Å². The van der Waals surface area contributed by atoms with Crippen molar-refractivity contribution >= 4 is 11.7 Å². The molecule has 4 rings (SSSR count). The van der Waals surface area contributed by atoms with E-state index in [1.54, 1.807) is 23.5 Å². The van der Waals surface area contributed by atoms with Crippen LogP contribution in [0.5, 0.6) is 0 Å². The molecule has 0 saturated carbocycles. The molecule has 1 aliphatic heterocycles. The Kier molecular flexibility index (Phi) is 5.83. The second-order valence-corrected chi connectivity index (χ2v) is 7.27. The summed E-state index contributed by atoms with van der Waals surface area (Å²) in [6, 6.07) is 4.02. The van der Waals surface area contributed by atoms with Gasteiger partial charge in [0.05, 0.1) is 11.8 Å². The first kappa shape index (κ1) is 20.8. The van der Waals surface area contributed by atoms with E-state index in [-0.39, 0.29) is 11.9 Å². The molecule has 1 N–H and O–H groups in total. The molecule has 0 unspecified atom stereocenters. The van der Waals surface area contributed by atoms with Gasteiger partial charge in [0.1, 0.15) is 5.69 Å². The highest BCUT2D eigenvalue weighted by atomic mass is 19.4. The van der Waals surface area contributed by atoms with E-state index in [1.165, 1.54) is 12.1 Å². The quantitative estimate of drug-likeness (QED) is 0.669. The third kappa shape index (κ3) is 5.16. The van der Waals surface area contributed by atoms with Crippen molar-refractivity contribution in [3.8, 4) is 11.5 Å². The first-order chi connectivity index (χ1) is 14.9. The van der Waals surface area contributed by atoms with Gasteiger partial charge in [-0.3, -0.25) is 4.98 Å². The molecule has 0 bridgehead atoms. The van der Waals surface area contributed by atoms with Gasteiger partial charge >= 0.3 is 12.2 Å². The summed E-state index contributed by atoms with van der Waals surface area (Å²) in [5.41, 5.74) is 0.0632. The molecule has 8 nitrogen and oxygen atoms in total. The van der Waals surface area contributed by atoms with E-state index in [2.05, 4.69) is 25.4 Å². The number of carbonyl (C=O) groups is 1. The molecule has 0 aliphatic carbocycles. The molecule has 1 aromatic carbocycles. The molecule has 31 heavy (non-hydrogen) atoms. The molecule has 1 atom stereocenters. The van der Waals surface area contributed by atoms with E-state index in [9.17, 15) is 18.0 Å². The molecule has 0 radical (unpaired) electrons. The lowest BCUT2D eigenvalue weighted by molar-refractivity contribution is -0.137. The number of halogens is 3. The Hall–Kier alpha value is -3.50. The van der Waals surface area contributed by atoms with Gasteiger partial charge in [-0.05, 0) is 43.0 Å². The Morgan fingerprint density at radius 1 is 1.23 bits per heavy atom. The molecule has 2 amide bonds. The Morgan fingerprint density at radius 3 is 2.74 bits per heavy atom. The molecule has 3 heterocycles. The molecular weight excluding hydrogens is 413 g/mol. The van der Waals surface area contributed by atoms with Crippen LogP contribution in [0.4, 0.5) is 23.7 Å². The normalized spacial score (nSPS) is 16.9. The lowest BCUT2D eigenvalue weighted by atomic mass is 9.95. The average Bonchev–Trinajstić information content (AvgIpc) is 3.23. The maximum absolute atomic E-state index is 12.7. The molecule has 3 aromatic rings. The smallest absolute Gasteiger partial charge is 0.339 e. The minimum Gasteiger partial charge on any atom is -0.339 e. The largest absolute Gasteiger partial charge is 0.416 e. The van der Waals surface area contributed by atoms with Gasteiger partial charge in [-0.2, -0.15) is 18.2 Å². The number of benzene rings is 1. The minimum absolute atomic E-state index is 0.127. The number of anilines is 1. The number of piperidine rings is 1. The third-order valence-corrected chi connectivity index (χ3v) is 4.99. The number of amides is 2. The zero-order valence-electron chi connectivity index (χ0n) is 16.3. The molecule has 1 fully saturated rings. The third-order valence-electron chi connectivity index (χ3n) is 4.99. The first-order valence-corrected chi connectivity index (χ1v) is 9.70. The molecule has 162 valence electrons. The second-order valence-electron chi connectivity index (χ2n) is 7.27. The molecule has 1 saturated heterocycles. The van der Waals surface area contributed by atoms with Crippen LogP contribution >= 0.6 is 0 Å². The number of nitrogens with zero attached hydrogens (tertiary/aromatic N) is 5. The molecule has 2 aromatic heterocycles. The van der Waals surface area contributed by atoms with E-state index < -0.39 is 11.7 Å². The SMILES string of the molecule is O=C(Nc1ccc(C(F)(F)F)cc1)N1CCC[C@@H](Cc2nc(-c3cnccn3)no2)C1. The van der Waals surface area contributed by atoms with Gasteiger partial charge in [0.2, 0.25) is 11.7 Å². The van der Waals surface area contributed by atoms with E-state index >= 15 is 0 Å². The van der Waals surface area contributed by atoms with Crippen molar-refractivity contribution < 1.29 is 22.5 Å². The van der Waals surface area contributed by atoms with Gasteiger partial charge in [0, 0.05) is 37.6 Å². The van der Waals surface area contributed by atoms with Gasteiger partial charge in [-0.1, -0.05) is 5.16 Å². The number of urea groups is 1. The maximum atomic E-state index is 12.7. The van der Waals surface area contributed by atoms with Gasteiger partial charge < -0.3 is 14.7 Å². The van der Waals surface area contributed by atoms with Crippen molar-refractivity contribution in [2.75, 3.05) is 18.4 Å². The maximum Gasteiger partial charge on any atom is 0.416 e. The van der Waals surface area contributed by atoms with Gasteiger partial charge in [-0.25, -0.2) is 9.78 Å². The number of hydrogen-bond donors (Lipinski definition) is 1. The summed E-state index contributed by atoms with van der Waals surface area (Å²) in [6.07, 6.45) is 2.43. The van der Waals surface area contributed by atoms with E-state index in [4.69, 9.17) is 4.52 Å². The van der Waals surface area contributed by atoms with Crippen molar-refractivity contribution in [3.05, 3.63) is 54.3 Å². The summed E-state index contributed by atoms with van der Waals surface area (Å²) in [7, 11) is 0. The average molecular weight is 432 g/mol. The Bertz CT molecular complexity index is 1020. The van der Waals surface area contributed by atoms with Crippen LogP contribution in [0.3, 0.4) is 0 Å². The van der Waals surface area contributed by atoms with Crippen LogP contribution in [0.25, 0.3) is 11.5 Å². The van der Waals surface area contributed by atoms with Crippen LogP contribution in [0, 0.1) is 5.92 Å². The highest BCUT2D eigenvalue weighted by Gasteiger charge is 2.30. The Balaban J connectivity index is 1.34. The summed E-state index contributed by atoms with van der Waals surface area (Å²) >= 11 is 0. The number of likely N-dealkylation sites (tertiary alicyclic amines) is 1. The van der Waals surface area contributed by atoms with E-state index in [0.29, 0.717) is 42.6 Å². The summed E-state index contributed by atoms with van der Waals surface area (Å²) < 4.78 is 43.3. The number of rotatable bonds is 4. The summed E-state index contributed by atoms with van der Waals surface area (Å²) in [5.74, 6) is 0.939. The molecular formula is C20H19F3N6O2. The van der Waals surface area contributed by atoms with Gasteiger partial charge in [0.15, 0.2) is 0 Å². The number of carbonyl (C=O) groups excluding carboxylic acids is 1. The highest BCUT2D eigenvalue weighted by molar-refractivity contribution is 5.89. The monoisotopic (exact) mass is 432 g/mol. The Labute approximate surface area is 175 Å². The summed E-state index contributed by atoms with van der Waals surface area (Å²) in [5, 5.41) is 6.58. The van der Waals surface area contributed by atoms with E-state index in [1.807, 2.05) is 0 Å². The minimum atomic E-state index is -4.41. The number of nitrogens with one attached hydrogen (secondary N) is 1. The van der Waals surface area contributed by atoms with Crippen molar-refractivity contribution in [3.63, 3.8) is 0 Å². The van der Waals surface area contributed by atoms with Gasteiger partial charge in [0.25, 0.3) is 0 Å². The number of aromatic nitrogens is 4. The fraction of sp³-hybridized carbons (Fsp3) is 0.350. The van der Waals surface area contributed by atoms with Gasteiger partial charge in [-0.15, -0.1) is 0 Å². The lowest BCUT2D eigenvalue weighted by Gasteiger charge is -2.32. The van der Waals surface area contributed by atoms with Crippen LogP contribution in [-0.2, 0) is 12.6 Å². The van der Waals surface area contributed by atoms with Crippen molar-refractivity contribution in [1.82, 2.24) is 25.0 Å². The molecule has 1 aliphatic rings. The first-order valence-electron chi connectivity index (χ1n) is 9.70. The van der Waals surface area contributed by atoms with Crippen LogP contribution in [0.1, 0.15) is 24.3 Å². The topological polar surface area (TPSA) is 97.0 Å². The van der Waals surface area contributed by atoms with E-state index in [0.717, 1.165) is 25.0 Å². The fourth-order valence-corrected chi connectivity index (χ4v) is 3.46. The molecule has 11 heteroatoms. The highest BCUT2D eigenvalue weighted by Crippen LogP contribution is 2.30.